The van der Waals surface area contributed by atoms with Crippen LogP contribution in [0.3, 0.4) is 0 Å². The molecule has 1 aromatic rings. The first-order valence-electron chi connectivity index (χ1n) is 7.88. The van der Waals surface area contributed by atoms with Gasteiger partial charge in [0.2, 0.25) is 0 Å². The Labute approximate surface area is 131 Å². The van der Waals surface area contributed by atoms with E-state index in [2.05, 4.69) is 14.4 Å². The van der Waals surface area contributed by atoms with Crippen LogP contribution in [0.25, 0.3) is 0 Å². The first-order valence-corrected chi connectivity index (χ1v) is 8.65. The van der Waals surface area contributed by atoms with Gasteiger partial charge in [0.05, 0.1) is 23.8 Å². The molecule has 3 heterocycles. The number of aromatic nitrogens is 1. The topological polar surface area (TPSA) is 41.7 Å². The van der Waals surface area contributed by atoms with Gasteiger partial charge in [-0.2, -0.15) is 0 Å². The third-order valence-corrected chi connectivity index (χ3v) is 5.77. The van der Waals surface area contributed by atoms with Gasteiger partial charge in [-0.1, -0.05) is 5.16 Å². The third kappa shape index (κ3) is 4.00. The van der Waals surface area contributed by atoms with Gasteiger partial charge >= 0.3 is 0 Å². The quantitative estimate of drug-likeness (QED) is 0.795. The lowest BCUT2D eigenvalue weighted by molar-refractivity contribution is 0.0270. The van der Waals surface area contributed by atoms with Gasteiger partial charge in [-0.3, -0.25) is 4.90 Å². The zero-order valence-electron chi connectivity index (χ0n) is 13.0. The molecule has 0 aromatic carbocycles. The average molecular weight is 311 g/mol. The molecule has 2 fully saturated rings. The Morgan fingerprint density at radius 3 is 2.48 bits per heavy atom. The maximum absolute atomic E-state index is 5.42. The van der Waals surface area contributed by atoms with E-state index in [9.17, 15) is 0 Å². The minimum Gasteiger partial charge on any atom is -0.379 e. The summed E-state index contributed by atoms with van der Waals surface area (Å²) in [5, 5.41) is 4.03. The Balaban J connectivity index is 1.44. The van der Waals surface area contributed by atoms with Gasteiger partial charge in [0.1, 0.15) is 5.76 Å². The van der Waals surface area contributed by atoms with Gasteiger partial charge in [-0.15, -0.1) is 0 Å². The summed E-state index contributed by atoms with van der Waals surface area (Å²) in [5.41, 5.74) is 1.01. The van der Waals surface area contributed by atoms with Crippen LogP contribution in [-0.4, -0.2) is 60.3 Å². The summed E-state index contributed by atoms with van der Waals surface area (Å²) in [5.74, 6) is 1.78. The van der Waals surface area contributed by atoms with Crippen LogP contribution in [0.1, 0.15) is 24.3 Å². The van der Waals surface area contributed by atoms with Gasteiger partial charge in [0.15, 0.2) is 0 Å². The summed E-state index contributed by atoms with van der Waals surface area (Å²) in [6.07, 6.45) is 2.57. The van der Waals surface area contributed by atoms with Gasteiger partial charge in [-0.25, -0.2) is 4.31 Å². The largest absolute Gasteiger partial charge is 0.379 e. The number of nitrogens with zero attached hydrogens (tertiary/aromatic N) is 3. The molecule has 0 radical (unpaired) electrons. The summed E-state index contributed by atoms with van der Waals surface area (Å²) in [4.78, 5) is 3.76. The van der Waals surface area contributed by atoms with Crippen LogP contribution in [0, 0.1) is 19.8 Å². The molecule has 0 N–H and O–H groups in total. The van der Waals surface area contributed by atoms with E-state index in [0.29, 0.717) is 0 Å². The Morgan fingerprint density at radius 1 is 1.14 bits per heavy atom. The lowest BCUT2D eigenvalue weighted by atomic mass is 9.97. The molecule has 0 aliphatic carbocycles. The molecular formula is C15H25N3O2S. The van der Waals surface area contributed by atoms with Crippen molar-refractivity contribution in [1.29, 1.82) is 0 Å². The monoisotopic (exact) mass is 311 g/mol. The number of hydrogen-bond donors (Lipinski definition) is 0. The van der Waals surface area contributed by atoms with E-state index in [-0.39, 0.29) is 0 Å². The third-order valence-electron chi connectivity index (χ3n) is 4.38. The van der Waals surface area contributed by atoms with Crippen molar-refractivity contribution in [3.63, 3.8) is 0 Å². The zero-order valence-corrected chi connectivity index (χ0v) is 13.8. The highest BCUT2D eigenvalue weighted by atomic mass is 32.2. The standard InChI is InChI=1S/C15H25N3O2S/c1-12-15(13(2)20-16-12)21-18-5-3-14(4-6-18)11-17-7-9-19-10-8-17/h14H,3-11H2,1-2H3. The molecule has 0 bridgehead atoms. The fourth-order valence-corrected chi connectivity index (χ4v) is 4.05. The highest BCUT2D eigenvalue weighted by Crippen LogP contribution is 2.32. The number of morpholine rings is 1. The fourth-order valence-electron chi connectivity index (χ4n) is 3.07. The summed E-state index contributed by atoms with van der Waals surface area (Å²) in [7, 11) is 0. The minimum atomic E-state index is 0.838. The molecule has 6 heteroatoms. The SMILES string of the molecule is Cc1noc(C)c1SN1CCC(CN2CCOCC2)CC1. The van der Waals surface area contributed by atoms with E-state index in [0.717, 1.165) is 56.8 Å². The molecule has 0 amide bonds. The van der Waals surface area contributed by atoms with Crippen molar-refractivity contribution in [2.45, 2.75) is 31.6 Å². The van der Waals surface area contributed by atoms with Crippen LogP contribution in [0.5, 0.6) is 0 Å². The second kappa shape index (κ2) is 7.13. The molecule has 3 rings (SSSR count). The second-order valence-electron chi connectivity index (χ2n) is 6.03. The van der Waals surface area contributed by atoms with E-state index in [1.807, 2.05) is 25.8 Å². The highest BCUT2D eigenvalue weighted by Gasteiger charge is 2.24. The molecular weight excluding hydrogens is 286 g/mol. The van der Waals surface area contributed by atoms with Crippen LogP contribution in [-0.2, 0) is 4.74 Å². The molecule has 21 heavy (non-hydrogen) atoms. The van der Waals surface area contributed by atoms with Crippen LogP contribution in [0.4, 0.5) is 0 Å². The van der Waals surface area contributed by atoms with E-state index in [1.165, 1.54) is 24.3 Å². The number of hydrogen-bond acceptors (Lipinski definition) is 6. The molecule has 0 saturated carbocycles. The first-order chi connectivity index (χ1) is 10.2. The van der Waals surface area contributed by atoms with Gasteiger partial charge in [-0.05, 0) is 44.6 Å². The molecule has 2 saturated heterocycles. The minimum absolute atomic E-state index is 0.838. The Kier molecular flexibility index (Phi) is 5.21. The van der Waals surface area contributed by atoms with E-state index >= 15 is 0 Å². The fraction of sp³-hybridized carbons (Fsp3) is 0.800. The first kappa shape index (κ1) is 15.3. The molecule has 0 unspecified atom stereocenters. The number of aryl methyl sites for hydroxylation is 2. The molecule has 118 valence electrons. The van der Waals surface area contributed by atoms with E-state index < -0.39 is 0 Å². The lowest BCUT2D eigenvalue weighted by Crippen LogP contribution is -2.41. The van der Waals surface area contributed by atoms with Crippen molar-refractivity contribution in [2.75, 3.05) is 45.9 Å². The van der Waals surface area contributed by atoms with Crippen molar-refractivity contribution in [2.24, 2.45) is 5.92 Å². The van der Waals surface area contributed by atoms with E-state index in [4.69, 9.17) is 9.26 Å². The second-order valence-corrected chi connectivity index (χ2v) is 7.14. The Hall–Kier alpha value is -0.560. The molecule has 5 nitrogen and oxygen atoms in total. The zero-order chi connectivity index (χ0) is 14.7. The van der Waals surface area contributed by atoms with Crippen molar-refractivity contribution < 1.29 is 9.26 Å². The molecule has 0 atom stereocenters. The molecule has 1 aromatic heterocycles. The Morgan fingerprint density at radius 2 is 1.86 bits per heavy atom. The highest BCUT2D eigenvalue weighted by molar-refractivity contribution is 7.97. The van der Waals surface area contributed by atoms with Crippen molar-refractivity contribution >= 4 is 11.9 Å². The van der Waals surface area contributed by atoms with Crippen molar-refractivity contribution in [3.05, 3.63) is 11.5 Å². The normalized spacial score (nSPS) is 22.8. The van der Waals surface area contributed by atoms with Crippen molar-refractivity contribution in [1.82, 2.24) is 14.4 Å². The van der Waals surface area contributed by atoms with Gasteiger partial charge in [0.25, 0.3) is 0 Å². The lowest BCUT2D eigenvalue weighted by Gasteiger charge is -2.35. The van der Waals surface area contributed by atoms with Crippen LogP contribution in [0.15, 0.2) is 9.42 Å². The maximum Gasteiger partial charge on any atom is 0.148 e. The van der Waals surface area contributed by atoms with Crippen molar-refractivity contribution in [3.8, 4) is 0 Å². The summed E-state index contributed by atoms with van der Waals surface area (Å²) >= 11 is 1.82. The predicted octanol–water partition coefficient (Wildman–Crippen LogP) is 2.34. The van der Waals surface area contributed by atoms with Gasteiger partial charge in [0, 0.05) is 32.7 Å². The Bertz CT molecular complexity index is 432. The predicted molar refractivity (Wildman–Crippen MR) is 83.4 cm³/mol. The van der Waals surface area contributed by atoms with Crippen LogP contribution in [0.2, 0.25) is 0 Å². The van der Waals surface area contributed by atoms with E-state index in [1.54, 1.807) is 0 Å². The molecule has 0 spiro atoms. The number of piperidine rings is 1. The van der Waals surface area contributed by atoms with Crippen LogP contribution >= 0.6 is 11.9 Å². The summed E-state index contributed by atoms with van der Waals surface area (Å²) in [6, 6.07) is 0. The summed E-state index contributed by atoms with van der Waals surface area (Å²) in [6.45, 7) is 11.6. The molecule has 2 aliphatic rings. The van der Waals surface area contributed by atoms with Crippen LogP contribution < -0.4 is 0 Å². The summed E-state index contributed by atoms with van der Waals surface area (Å²) < 4.78 is 13.1. The number of rotatable bonds is 4. The number of ether oxygens (including phenoxy) is 1. The molecule has 2 aliphatic heterocycles. The maximum atomic E-state index is 5.42. The van der Waals surface area contributed by atoms with Gasteiger partial charge < -0.3 is 9.26 Å². The smallest absolute Gasteiger partial charge is 0.148 e. The average Bonchev–Trinajstić information content (AvgIpc) is 2.82.